The zero-order valence-electron chi connectivity index (χ0n) is 11.3. The molecule has 2 rings (SSSR count). The van der Waals surface area contributed by atoms with Gasteiger partial charge in [-0.1, -0.05) is 0 Å². The molecule has 0 aliphatic heterocycles. The molecule has 3 N–H and O–H groups in total. The number of anilines is 1. The highest BCUT2D eigenvalue weighted by Gasteiger charge is 2.19. The summed E-state index contributed by atoms with van der Waals surface area (Å²) in [4.78, 5) is 24.1. The molecule has 0 saturated heterocycles. The molecular weight excluding hydrogens is 294 g/mol. The maximum Gasteiger partial charge on any atom is 0.350 e. The van der Waals surface area contributed by atoms with E-state index >= 15 is 0 Å². The van der Waals surface area contributed by atoms with E-state index < -0.39 is 11.9 Å². The summed E-state index contributed by atoms with van der Waals surface area (Å²) in [5.41, 5.74) is 1.16. The molecule has 6 nitrogen and oxygen atoms in total. The molecule has 0 bridgehead atoms. The van der Waals surface area contributed by atoms with Crippen LogP contribution in [0.15, 0.2) is 23.6 Å². The second-order valence-electron chi connectivity index (χ2n) is 4.31. The zero-order chi connectivity index (χ0) is 15.6. The molecule has 2 aromatic rings. The lowest BCUT2D eigenvalue weighted by molar-refractivity contribution is 0.0607. The monoisotopic (exact) mass is 307 g/mol. The van der Waals surface area contributed by atoms with E-state index in [1.54, 1.807) is 12.3 Å². The van der Waals surface area contributed by atoms with Crippen LogP contribution in [0.25, 0.3) is 0 Å². The van der Waals surface area contributed by atoms with Gasteiger partial charge in [0.05, 0.1) is 12.8 Å². The number of rotatable bonds is 3. The summed E-state index contributed by atoms with van der Waals surface area (Å²) in [7, 11) is 1.26. The van der Waals surface area contributed by atoms with Crippen molar-refractivity contribution in [3.05, 3.63) is 39.6 Å². The first-order valence-electron chi connectivity index (χ1n) is 5.93. The van der Waals surface area contributed by atoms with Crippen LogP contribution in [-0.2, 0) is 4.74 Å². The summed E-state index contributed by atoms with van der Waals surface area (Å²) in [6.07, 6.45) is 0. The summed E-state index contributed by atoms with van der Waals surface area (Å²) < 4.78 is 4.66. The number of nitrogens with one attached hydrogen (secondary N) is 1. The number of hydrogen-bond acceptors (Lipinski definition) is 6. The van der Waals surface area contributed by atoms with Crippen molar-refractivity contribution in [2.24, 2.45) is 0 Å². The normalized spacial score (nSPS) is 10.2. The molecule has 1 amide bonds. The Kier molecular flexibility index (Phi) is 4.13. The SMILES string of the molecule is COC(=O)c1scc(C)c1NC(=O)c1cc(O)cc(O)c1. The lowest BCUT2D eigenvalue weighted by Crippen LogP contribution is -2.14. The van der Waals surface area contributed by atoms with Crippen molar-refractivity contribution in [3.8, 4) is 11.5 Å². The number of carbonyl (C=O) groups is 2. The van der Waals surface area contributed by atoms with Crippen molar-refractivity contribution in [1.29, 1.82) is 0 Å². The van der Waals surface area contributed by atoms with Gasteiger partial charge >= 0.3 is 5.97 Å². The van der Waals surface area contributed by atoms with Crippen molar-refractivity contribution in [3.63, 3.8) is 0 Å². The van der Waals surface area contributed by atoms with Crippen molar-refractivity contribution in [2.45, 2.75) is 6.92 Å². The maximum atomic E-state index is 12.2. The molecule has 1 heterocycles. The molecule has 0 atom stereocenters. The Morgan fingerprint density at radius 3 is 2.38 bits per heavy atom. The number of benzene rings is 1. The standard InChI is InChI=1S/C14H13NO5S/c1-7-6-21-12(14(19)20-2)11(7)15-13(18)8-3-9(16)5-10(17)4-8/h3-6,16-17H,1-2H3,(H,15,18). The highest BCUT2D eigenvalue weighted by molar-refractivity contribution is 7.12. The van der Waals surface area contributed by atoms with Gasteiger partial charge in [-0.2, -0.15) is 0 Å². The fourth-order valence-corrected chi connectivity index (χ4v) is 2.68. The van der Waals surface area contributed by atoms with E-state index in [9.17, 15) is 19.8 Å². The molecule has 0 fully saturated rings. The molecule has 1 aromatic carbocycles. The Hall–Kier alpha value is -2.54. The Bertz CT molecular complexity index is 687. The van der Waals surface area contributed by atoms with Crippen LogP contribution in [0.1, 0.15) is 25.6 Å². The summed E-state index contributed by atoms with van der Waals surface area (Å²) in [6.45, 7) is 1.75. The van der Waals surface area contributed by atoms with Gasteiger partial charge in [-0.15, -0.1) is 11.3 Å². The largest absolute Gasteiger partial charge is 0.508 e. The molecule has 0 aliphatic rings. The van der Waals surface area contributed by atoms with Gasteiger partial charge in [0.15, 0.2) is 0 Å². The number of methoxy groups -OCH3 is 1. The summed E-state index contributed by atoms with van der Waals surface area (Å²) in [6, 6.07) is 3.55. The molecule has 0 aliphatic carbocycles. The number of ether oxygens (including phenoxy) is 1. The van der Waals surface area contributed by atoms with Gasteiger partial charge in [0.1, 0.15) is 16.4 Å². The van der Waals surface area contributed by atoms with E-state index in [0.717, 1.165) is 23.0 Å². The van der Waals surface area contributed by atoms with Crippen LogP contribution in [0, 0.1) is 6.92 Å². The Morgan fingerprint density at radius 2 is 1.81 bits per heavy atom. The molecule has 110 valence electrons. The average Bonchev–Trinajstić information content (AvgIpc) is 2.78. The number of aromatic hydroxyl groups is 2. The van der Waals surface area contributed by atoms with E-state index in [1.165, 1.54) is 19.2 Å². The number of aryl methyl sites for hydroxylation is 1. The highest BCUT2D eigenvalue weighted by Crippen LogP contribution is 2.29. The minimum absolute atomic E-state index is 0.0777. The van der Waals surface area contributed by atoms with Crippen LogP contribution in [-0.4, -0.2) is 29.2 Å². The second-order valence-corrected chi connectivity index (χ2v) is 5.19. The van der Waals surface area contributed by atoms with Crippen molar-refractivity contribution >= 4 is 28.9 Å². The number of hydrogen-bond donors (Lipinski definition) is 3. The van der Waals surface area contributed by atoms with Gasteiger partial charge in [-0.25, -0.2) is 4.79 Å². The van der Waals surface area contributed by atoms with Crippen LogP contribution < -0.4 is 5.32 Å². The minimum atomic E-state index is -0.548. The van der Waals surface area contributed by atoms with E-state index in [1.807, 2.05) is 0 Å². The molecule has 0 spiro atoms. The zero-order valence-corrected chi connectivity index (χ0v) is 12.2. The first kappa shape index (κ1) is 14.9. The third kappa shape index (κ3) is 3.14. The second kappa shape index (κ2) is 5.84. The van der Waals surface area contributed by atoms with Crippen LogP contribution in [0.2, 0.25) is 0 Å². The fourth-order valence-electron chi connectivity index (χ4n) is 1.75. The number of phenolic OH excluding ortho intramolecular Hbond substituents is 2. The van der Waals surface area contributed by atoms with Crippen LogP contribution in [0.4, 0.5) is 5.69 Å². The number of esters is 1. The van der Waals surface area contributed by atoms with Gasteiger partial charge in [-0.05, 0) is 30.0 Å². The Labute approximate surface area is 124 Å². The summed E-state index contributed by atoms with van der Waals surface area (Å²) >= 11 is 1.16. The average molecular weight is 307 g/mol. The van der Waals surface area contributed by atoms with Gasteiger partial charge in [-0.3, -0.25) is 4.79 Å². The first-order valence-corrected chi connectivity index (χ1v) is 6.81. The predicted octanol–water partition coefficient (Wildman–Crippen LogP) is 2.51. The predicted molar refractivity (Wildman–Crippen MR) is 78.1 cm³/mol. The number of thiophene rings is 1. The number of amides is 1. The third-order valence-electron chi connectivity index (χ3n) is 2.75. The van der Waals surface area contributed by atoms with E-state index in [4.69, 9.17) is 0 Å². The lowest BCUT2D eigenvalue weighted by atomic mass is 10.1. The van der Waals surface area contributed by atoms with Gasteiger partial charge in [0.25, 0.3) is 5.91 Å². The van der Waals surface area contributed by atoms with E-state index in [2.05, 4.69) is 10.1 Å². The van der Waals surface area contributed by atoms with Gasteiger partial charge < -0.3 is 20.3 Å². The van der Waals surface area contributed by atoms with Crippen molar-refractivity contribution < 1.29 is 24.5 Å². The van der Waals surface area contributed by atoms with Gasteiger partial charge in [0.2, 0.25) is 0 Å². The summed E-state index contributed by atoms with van der Waals surface area (Å²) in [5, 5.41) is 23.1. The topological polar surface area (TPSA) is 95.9 Å². The maximum absolute atomic E-state index is 12.2. The molecule has 1 aromatic heterocycles. The smallest absolute Gasteiger partial charge is 0.350 e. The van der Waals surface area contributed by atoms with E-state index in [-0.39, 0.29) is 21.9 Å². The van der Waals surface area contributed by atoms with Crippen molar-refractivity contribution in [2.75, 3.05) is 12.4 Å². The molecule has 0 saturated carbocycles. The number of carbonyl (C=O) groups excluding carboxylic acids is 2. The lowest BCUT2D eigenvalue weighted by Gasteiger charge is -2.08. The molecule has 0 radical (unpaired) electrons. The third-order valence-corrected chi connectivity index (χ3v) is 3.83. The molecule has 21 heavy (non-hydrogen) atoms. The number of phenols is 2. The first-order chi connectivity index (χ1) is 9.92. The Balaban J connectivity index is 2.31. The summed E-state index contributed by atoms with van der Waals surface area (Å²) in [5.74, 6) is -1.54. The van der Waals surface area contributed by atoms with Crippen LogP contribution >= 0.6 is 11.3 Å². The minimum Gasteiger partial charge on any atom is -0.508 e. The van der Waals surface area contributed by atoms with Gasteiger partial charge in [0, 0.05) is 11.6 Å². The fraction of sp³-hybridized carbons (Fsp3) is 0.143. The molecular formula is C14H13NO5S. The quantitative estimate of drug-likeness (QED) is 0.757. The highest BCUT2D eigenvalue weighted by atomic mass is 32.1. The van der Waals surface area contributed by atoms with Crippen molar-refractivity contribution in [1.82, 2.24) is 0 Å². The molecule has 0 unspecified atom stereocenters. The van der Waals surface area contributed by atoms with E-state index in [0.29, 0.717) is 5.69 Å². The van der Waals surface area contributed by atoms with Crippen LogP contribution in [0.3, 0.4) is 0 Å². The van der Waals surface area contributed by atoms with Crippen LogP contribution in [0.5, 0.6) is 11.5 Å². The Morgan fingerprint density at radius 1 is 1.19 bits per heavy atom. The molecule has 7 heteroatoms.